The van der Waals surface area contributed by atoms with Crippen molar-refractivity contribution in [2.75, 3.05) is 33.8 Å². The highest BCUT2D eigenvalue weighted by molar-refractivity contribution is 14.0. The monoisotopic (exact) mass is 486 g/mol. The molecule has 0 fully saturated rings. The zero-order valence-corrected chi connectivity index (χ0v) is 18.2. The molecular weight excluding hydrogens is 459 g/mol. The maximum Gasteiger partial charge on any atom is 0.287 e. The number of carbonyl (C=O) groups excluding carboxylic acids is 1. The summed E-state index contributed by atoms with van der Waals surface area (Å²) in [5.74, 6) is 1.68. The lowest BCUT2D eigenvalue weighted by Gasteiger charge is -2.23. The molecule has 27 heavy (non-hydrogen) atoms. The minimum Gasteiger partial charge on any atom is -0.496 e. The third kappa shape index (κ3) is 7.12. The van der Waals surface area contributed by atoms with E-state index in [1.54, 1.807) is 19.2 Å². The van der Waals surface area contributed by atoms with Crippen LogP contribution in [-0.2, 0) is 6.54 Å². The van der Waals surface area contributed by atoms with E-state index < -0.39 is 0 Å². The Hall–Kier alpha value is -2.23. The van der Waals surface area contributed by atoms with E-state index in [0.29, 0.717) is 25.4 Å². The lowest BCUT2D eigenvalue weighted by molar-refractivity contribution is 0.0927. The fourth-order valence-electron chi connectivity index (χ4n) is 2.46. The number of benzene rings is 1. The molecule has 1 aromatic carbocycles. The summed E-state index contributed by atoms with van der Waals surface area (Å²) in [5.41, 5.74) is 1.08. The van der Waals surface area contributed by atoms with Crippen LogP contribution in [-0.4, -0.2) is 50.6 Å². The molecule has 1 amide bonds. The van der Waals surface area contributed by atoms with Crippen molar-refractivity contribution in [2.45, 2.75) is 13.5 Å². The van der Waals surface area contributed by atoms with Crippen LogP contribution in [0.1, 0.15) is 23.0 Å². The number of rotatable bonds is 8. The number of hydrogen-bond acceptors (Lipinski definition) is 4. The molecule has 1 heterocycles. The second-order valence-corrected chi connectivity index (χ2v) is 5.64. The number of methoxy groups -OCH3 is 1. The molecule has 0 bridgehead atoms. The van der Waals surface area contributed by atoms with Gasteiger partial charge in [-0.25, -0.2) is 0 Å². The van der Waals surface area contributed by atoms with Crippen LogP contribution in [0.15, 0.2) is 52.1 Å². The van der Waals surface area contributed by atoms with E-state index in [4.69, 9.17) is 9.15 Å². The van der Waals surface area contributed by atoms with Crippen LogP contribution < -0.4 is 15.4 Å². The second kappa shape index (κ2) is 12.2. The maximum absolute atomic E-state index is 11.8. The second-order valence-electron chi connectivity index (χ2n) is 5.64. The summed E-state index contributed by atoms with van der Waals surface area (Å²) in [6.07, 6.45) is 1.48. The Morgan fingerprint density at radius 3 is 2.67 bits per heavy atom. The highest BCUT2D eigenvalue weighted by Gasteiger charge is 2.10. The summed E-state index contributed by atoms with van der Waals surface area (Å²) in [4.78, 5) is 18.4. The van der Waals surface area contributed by atoms with Gasteiger partial charge in [0.25, 0.3) is 5.91 Å². The highest BCUT2D eigenvalue weighted by atomic mass is 127. The molecule has 8 heteroatoms. The van der Waals surface area contributed by atoms with Crippen molar-refractivity contribution in [1.82, 2.24) is 15.5 Å². The highest BCUT2D eigenvalue weighted by Crippen LogP contribution is 2.18. The van der Waals surface area contributed by atoms with E-state index in [1.165, 1.54) is 6.26 Å². The first-order valence-corrected chi connectivity index (χ1v) is 8.58. The van der Waals surface area contributed by atoms with Gasteiger partial charge in [-0.05, 0) is 25.1 Å². The van der Waals surface area contributed by atoms with Crippen LogP contribution in [0.4, 0.5) is 0 Å². The first-order valence-electron chi connectivity index (χ1n) is 8.58. The van der Waals surface area contributed by atoms with Crippen LogP contribution in [0.2, 0.25) is 0 Å². The largest absolute Gasteiger partial charge is 0.496 e. The van der Waals surface area contributed by atoms with Gasteiger partial charge in [-0.1, -0.05) is 18.2 Å². The molecule has 0 unspecified atom stereocenters. The number of furan rings is 1. The Balaban J connectivity index is 0.00000364. The molecule has 0 aliphatic heterocycles. The van der Waals surface area contributed by atoms with E-state index in [0.717, 1.165) is 23.8 Å². The smallest absolute Gasteiger partial charge is 0.287 e. The Bertz CT molecular complexity index is 720. The van der Waals surface area contributed by atoms with E-state index >= 15 is 0 Å². The normalized spacial score (nSPS) is 10.7. The lowest BCUT2D eigenvalue weighted by atomic mass is 10.2. The van der Waals surface area contributed by atoms with Crippen molar-refractivity contribution in [3.63, 3.8) is 0 Å². The number of guanidine groups is 1. The predicted molar refractivity (Wildman–Crippen MR) is 117 cm³/mol. The van der Waals surface area contributed by atoms with Gasteiger partial charge in [-0.15, -0.1) is 24.0 Å². The maximum atomic E-state index is 11.8. The van der Waals surface area contributed by atoms with Crippen LogP contribution in [0.5, 0.6) is 5.75 Å². The van der Waals surface area contributed by atoms with Crippen molar-refractivity contribution in [1.29, 1.82) is 0 Å². The predicted octanol–water partition coefficient (Wildman–Crippen LogP) is 2.73. The molecule has 7 nitrogen and oxygen atoms in total. The molecule has 0 atom stereocenters. The average Bonchev–Trinajstić information content (AvgIpc) is 3.19. The number of ether oxygens (including phenoxy) is 1. The zero-order valence-electron chi connectivity index (χ0n) is 15.9. The Morgan fingerprint density at radius 2 is 2.00 bits per heavy atom. The van der Waals surface area contributed by atoms with Crippen LogP contribution >= 0.6 is 24.0 Å². The molecular formula is C19H27IN4O3. The average molecular weight is 486 g/mol. The standard InChI is InChI=1S/C19H26N4O3.HI/c1-4-20-19(22-12-11-21-18(24)17-10-7-13-26-17)23(2)14-15-8-5-6-9-16(15)25-3;/h5-10,13H,4,11-12,14H2,1-3H3,(H,20,22)(H,21,24);1H. The van der Waals surface area contributed by atoms with Gasteiger partial charge in [-0.2, -0.15) is 0 Å². The number of nitrogens with one attached hydrogen (secondary N) is 2. The third-order valence-corrected chi connectivity index (χ3v) is 3.70. The summed E-state index contributed by atoms with van der Waals surface area (Å²) >= 11 is 0. The molecule has 0 radical (unpaired) electrons. The SMILES string of the molecule is CCNC(=NCCNC(=O)c1ccco1)N(C)Cc1ccccc1OC.I. The van der Waals surface area contributed by atoms with E-state index in [1.807, 2.05) is 43.1 Å². The molecule has 148 valence electrons. The summed E-state index contributed by atoms with van der Waals surface area (Å²) in [5, 5.41) is 6.04. The summed E-state index contributed by atoms with van der Waals surface area (Å²) in [6.45, 7) is 4.33. The van der Waals surface area contributed by atoms with Crippen molar-refractivity contribution in [3.05, 3.63) is 54.0 Å². The quantitative estimate of drug-likeness (QED) is 0.260. The molecule has 0 saturated heterocycles. The van der Waals surface area contributed by atoms with Crippen molar-refractivity contribution in [2.24, 2.45) is 4.99 Å². The number of halogens is 1. The summed E-state index contributed by atoms with van der Waals surface area (Å²) in [7, 11) is 3.63. The van der Waals surface area contributed by atoms with Crippen molar-refractivity contribution in [3.8, 4) is 5.75 Å². The first kappa shape index (κ1) is 22.8. The summed E-state index contributed by atoms with van der Waals surface area (Å²) < 4.78 is 10.5. The van der Waals surface area contributed by atoms with Gasteiger partial charge in [0.15, 0.2) is 11.7 Å². The number of hydrogen-bond donors (Lipinski definition) is 2. The van der Waals surface area contributed by atoms with Gasteiger partial charge in [0.05, 0.1) is 19.9 Å². The van der Waals surface area contributed by atoms with Crippen LogP contribution in [0.3, 0.4) is 0 Å². The van der Waals surface area contributed by atoms with E-state index in [9.17, 15) is 4.79 Å². The molecule has 0 aliphatic rings. The molecule has 0 spiro atoms. The number of amides is 1. The molecule has 2 N–H and O–H groups in total. The topological polar surface area (TPSA) is 79.1 Å². The van der Waals surface area contributed by atoms with Gasteiger partial charge in [0, 0.05) is 32.2 Å². The fourth-order valence-corrected chi connectivity index (χ4v) is 2.46. The van der Waals surface area contributed by atoms with Gasteiger partial charge in [0.1, 0.15) is 5.75 Å². The molecule has 0 saturated carbocycles. The minimum absolute atomic E-state index is 0. The van der Waals surface area contributed by atoms with Crippen LogP contribution in [0.25, 0.3) is 0 Å². The Kier molecular flexibility index (Phi) is 10.3. The van der Waals surface area contributed by atoms with Crippen molar-refractivity contribution >= 4 is 35.8 Å². The van der Waals surface area contributed by atoms with Gasteiger partial charge in [0.2, 0.25) is 0 Å². The Morgan fingerprint density at radius 1 is 1.22 bits per heavy atom. The van der Waals surface area contributed by atoms with E-state index in [-0.39, 0.29) is 29.9 Å². The fraction of sp³-hybridized carbons (Fsp3) is 0.368. The first-order chi connectivity index (χ1) is 12.7. The lowest BCUT2D eigenvalue weighted by Crippen LogP contribution is -2.39. The van der Waals surface area contributed by atoms with E-state index in [2.05, 4.69) is 15.6 Å². The van der Waals surface area contributed by atoms with Crippen LogP contribution in [0, 0.1) is 0 Å². The minimum atomic E-state index is -0.238. The molecule has 1 aromatic heterocycles. The van der Waals surface area contributed by atoms with Gasteiger partial charge >= 0.3 is 0 Å². The molecule has 0 aliphatic carbocycles. The zero-order chi connectivity index (χ0) is 18.8. The molecule has 2 aromatic rings. The summed E-state index contributed by atoms with van der Waals surface area (Å²) in [6, 6.07) is 11.2. The van der Waals surface area contributed by atoms with Gasteiger partial charge in [-0.3, -0.25) is 9.79 Å². The molecule has 2 rings (SSSR count). The Labute approximate surface area is 177 Å². The number of nitrogens with zero attached hydrogens (tertiary/aromatic N) is 2. The number of carbonyl (C=O) groups is 1. The number of aliphatic imine (C=N–C) groups is 1. The number of para-hydroxylation sites is 1. The van der Waals surface area contributed by atoms with Crippen molar-refractivity contribution < 1.29 is 13.9 Å². The third-order valence-electron chi connectivity index (χ3n) is 3.70. The van der Waals surface area contributed by atoms with Gasteiger partial charge < -0.3 is 24.7 Å².